The second kappa shape index (κ2) is 5.30. The normalized spacial score (nSPS) is 10.7. The highest BCUT2D eigenvalue weighted by Crippen LogP contribution is 2.25. The van der Waals surface area contributed by atoms with Gasteiger partial charge in [0.05, 0.1) is 0 Å². The smallest absolute Gasteiger partial charge is 0.181 e. The molecule has 0 spiro atoms. The van der Waals surface area contributed by atoms with Gasteiger partial charge in [0.2, 0.25) is 0 Å². The molecule has 0 atom stereocenters. The van der Waals surface area contributed by atoms with Crippen molar-refractivity contribution in [3.8, 4) is 5.82 Å². The second-order valence-electron chi connectivity index (χ2n) is 4.37. The van der Waals surface area contributed by atoms with Crippen molar-refractivity contribution >= 4 is 22.8 Å². The Morgan fingerprint density at radius 2 is 2.30 bits per heavy atom. The minimum Gasteiger partial charge on any atom is -0.393 e. The molecule has 3 heterocycles. The van der Waals surface area contributed by atoms with Crippen molar-refractivity contribution in [2.24, 2.45) is 0 Å². The first kappa shape index (κ1) is 12.6. The highest BCUT2D eigenvalue weighted by Gasteiger charge is 2.13. The third-order valence-corrected chi connectivity index (χ3v) is 3.66. The molecule has 0 saturated carbocycles. The molecule has 102 valence electrons. The summed E-state index contributed by atoms with van der Waals surface area (Å²) in [5.74, 6) is 1.30. The molecule has 0 aliphatic heterocycles. The Balaban J connectivity index is 1.92. The van der Waals surface area contributed by atoms with Crippen LogP contribution >= 0.6 is 11.3 Å². The van der Waals surface area contributed by atoms with Crippen molar-refractivity contribution in [3.63, 3.8) is 0 Å². The molecule has 0 saturated heterocycles. The molecule has 0 fully saturated rings. The maximum Gasteiger partial charge on any atom is 0.181 e. The molecule has 7 heteroatoms. The van der Waals surface area contributed by atoms with Crippen molar-refractivity contribution in [2.75, 3.05) is 17.7 Å². The maximum atomic E-state index is 6.18. The highest BCUT2D eigenvalue weighted by molar-refractivity contribution is 7.07. The van der Waals surface area contributed by atoms with Crippen LogP contribution in [0.1, 0.15) is 5.56 Å². The molecule has 0 aliphatic rings. The summed E-state index contributed by atoms with van der Waals surface area (Å²) in [7, 11) is 1.96. The minimum atomic E-state index is 0.522. The molecule has 0 unspecified atom stereocenters. The van der Waals surface area contributed by atoms with Gasteiger partial charge in [0, 0.05) is 26.0 Å². The number of hydrogen-bond acceptors (Lipinski definition) is 6. The Labute approximate surface area is 120 Å². The van der Waals surface area contributed by atoms with Crippen LogP contribution in [-0.2, 0) is 6.54 Å². The van der Waals surface area contributed by atoms with Crippen LogP contribution in [0.3, 0.4) is 0 Å². The second-order valence-corrected chi connectivity index (χ2v) is 5.15. The van der Waals surface area contributed by atoms with E-state index in [1.165, 1.54) is 11.9 Å². The van der Waals surface area contributed by atoms with Crippen LogP contribution in [0.4, 0.5) is 11.5 Å². The summed E-state index contributed by atoms with van der Waals surface area (Å²) in [5.41, 5.74) is 7.93. The van der Waals surface area contributed by atoms with Crippen LogP contribution in [0, 0.1) is 0 Å². The zero-order valence-electron chi connectivity index (χ0n) is 11.0. The van der Waals surface area contributed by atoms with Gasteiger partial charge < -0.3 is 10.6 Å². The standard InChI is InChI=1S/C13H14N6S/c1-18(7-10-3-6-20-8-10)12-11(14)13(16-9-15-12)19-5-2-4-17-19/h2-6,8-9H,7,14H2,1H3. The number of rotatable bonds is 4. The fraction of sp³-hybridized carbons (Fsp3) is 0.154. The van der Waals surface area contributed by atoms with Gasteiger partial charge in [0.1, 0.15) is 12.0 Å². The average molecular weight is 286 g/mol. The molecule has 0 bridgehead atoms. The van der Waals surface area contributed by atoms with Crippen molar-refractivity contribution in [3.05, 3.63) is 47.2 Å². The number of hydrogen-bond donors (Lipinski definition) is 1. The molecule has 0 aliphatic carbocycles. The minimum absolute atomic E-state index is 0.522. The summed E-state index contributed by atoms with van der Waals surface area (Å²) in [4.78, 5) is 10.5. The number of nitrogens with two attached hydrogens (primary N) is 1. The SMILES string of the molecule is CN(Cc1ccsc1)c1ncnc(-n2cccn2)c1N. The monoisotopic (exact) mass is 286 g/mol. The van der Waals surface area contributed by atoms with Gasteiger partial charge in [-0.15, -0.1) is 0 Å². The predicted octanol–water partition coefficient (Wildman–Crippen LogP) is 1.94. The fourth-order valence-electron chi connectivity index (χ4n) is 1.99. The number of thiophene rings is 1. The van der Waals surface area contributed by atoms with Crippen molar-refractivity contribution < 1.29 is 0 Å². The largest absolute Gasteiger partial charge is 0.393 e. The fourth-order valence-corrected chi connectivity index (χ4v) is 2.65. The van der Waals surface area contributed by atoms with Crippen LogP contribution in [0.15, 0.2) is 41.6 Å². The Morgan fingerprint density at radius 1 is 1.40 bits per heavy atom. The highest BCUT2D eigenvalue weighted by atomic mass is 32.1. The van der Waals surface area contributed by atoms with Crippen molar-refractivity contribution in [1.29, 1.82) is 0 Å². The lowest BCUT2D eigenvalue weighted by Crippen LogP contribution is -2.20. The molecular weight excluding hydrogens is 272 g/mol. The van der Waals surface area contributed by atoms with Gasteiger partial charge in [-0.3, -0.25) is 0 Å². The van der Waals surface area contributed by atoms with Crippen molar-refractivity contribution in [2.45, 2.75) is 6.54 Å². The lowest BCUT2D eigenvalue weighted by molar-refractivity contribution is 0.831. The lowest BCUT2D eigenvalue weighted by Gasteiger charge is -2.20. The van der Waals surface area contributed by atoms with Gasteiger partial charge in [-0.25, -0.2) is 14.6 Å². The number of nitrogens with zero attached hydrogens (tertiary/aromatic N) is 5. The van der Waals surface area contributed by atoms with Crippen LogP contribution < -0.4 is 10.6 Å². The lowest BCUT2D eigenvalue weighted by atomic mass is 10.3. The van der Waals surface area contributed by atoms with Crippen LogP contribution in [-0.4, -0.2) is 26.8 Å². The van der Waals surface area contributed by atoms with Crippen LogP contribution in [0.25, 0.3) is 5.82 Å². The zero-order valence-corrected chi connectivity index (χ0v) is 11.8. The molecule has 6 nitrogen and oxygen atoms in total. The van der Waals surface area contributed by atoms with Gasteiger partial charge in [-0.1, -0.05) is 0 Å². The first-order valence-electron chi connectivity index (χ1n) is 6.08. The van der Waals surface area contributed by atoms with E-state index in [0.29, 0.717) is 17.3 Å². The summed E-state index contributed by atoms with van der Waals surface area (Å²) in [6.07, 6.45) is 5.00. The summed E-state index contributed by atoms with van der Waals surface area (Å²) >= 11 is 1.68. The van der Waals surface area contributed by atoms with E-state index in [9.17, 15) is 0 Å². The van der Waals surface area contributed by atoms with Crippen LogP contribution in [0.2, 0.25) is 0 Å². The topological polar surface area (TPSA) is 72.9 Å². The van der Waals surface area contributed by atoms with E-state index in [1.807, 2.05) is 18.0 Å². The zero-order chi connectivity index (χ0) is 13.9. The molecule has 3 aromatic rings. The molecule has 3 rings (SSSR count). The Morgan fingerprint density at radius 3 is 3.00 bits per heavy atom. The van der Waals surface area contributed by atoms with E-state index in [0.717, 1.165) is 6.54 Å². The maximum absolute atomic E-state index is 6.18. The van der Waals surface area contributed by atoms with Gasteiger partial charge in [-0.05, 0) is 28.5 Å². The van der Waals surface area contributed by atoms with Gasteiger partial charge in [-0.2, -0.15) is 16.4 Å². The van der Waals surface area contributed by atoms with Gasteiger partial charge >= 0.3 is 0 Å². The summed E-state index contributed by atoms with van der Waals surface area (Å²) in [5, 5.41) is 8.32. The summed E-state index contributed by atoms with van der Waals surface area (Å²) in [6.45, 7) is 0.753. The Bertz CT molecular complexity index is 677. The average Bonchev–Trinajstić information content (AvgIpc) is 3.11. The van der Waals surface area contributed by atoms with Gasteiger partial charge in [0.15, 0.2) is 11.6 Å². The molecule has 0 aromatic carbocycles. The molecular formula is C13H14N6S. The summed E-state index contributed by atoms with van der Waals surface area (Å²) in [6, 6.07) is 3.92. The van der Waals surface area contributed by atoms with E-state index >= 15 is 0 Å². The molecule has 20 heavy (non-hydrogen) atoms. The summed E-state index contributed by atoms with van der Waals surface area (Å²) < 4.78 is 1.64. The third kappa shape index (κ3) is 2.35. The van der Waals surface area contributed by atoms with Crippen LogP contribution in [0.5, 0.6) is 0 Å². The first-order valence-corrected chi connectivity index (χ1v) is 7.02. The number of anilines is 2. The van der Waals surface area contributed by atoms with E-state index in [1.54, 1.807) is 28.4 Å². The van der Waals surface area contributed by atoms with Crippen molar-refractivity contribution in [1.82, 2.24) is 19.7 Å². The predicted molar refractivity (Wildman–Crippen MR) is 80.0 cm³/mol. The third-order valence-electron chi connectivity index (χ3n) is 2.92. The number of aromatic nitrogens is 4. The first-order chi connectivity index (χ1) is 9.75. The van der Waals surface area contributed by atoms with E-state index in [4.69, 9.17) is 5.73 Å². The molecule has 2 N–H and O–H groups in total. The number of nitrogen functional groups attached to an aromatic ring is 1. The van der Waals surface area contributed by atoms with E-state index in [-0.39, 0.29) is 0 Å². The van der Waals surface area contributed by atoms with E-state index < -0.39 is 0 Å². The quantitative estimate of drug-likeness (QED) is 0.793. The molecule has 0 amide bonds. The molecule has 0 radical (unpaired) electrons. The Kier molecular flexibility index (Phi) is 3.34. The Hall–Kier alpha value is -2.41. The molecule has 3 aromatic heterocycles. The van der Waals surface area contributed by atoms with Gasteiger partial charge in [0.25, 0.3) is 0 Å². The van der Waals surface area contributed by atoms with E-state index in [2.05, 4.69) is 31.9 Å².